The molecular weight excluding hydrogens is 478 g/mol. The highest BCUT2D eigenvalue weighted by atomic mass is 35.5. The molecule has 4 aromatic heterocycles. The van der Waals surface area contributed by atoms with Gasteiger partial charge in [-0.3, -0.25) is 14.8 Å². The standard InChI is InChI=1S/C27H22ClN5OS/c1-18-23(26(34)31-15-20-5-3-9-30-14-20)13-25(33(18)16-19-4-2-6-22(28)12-19)24-17-35-27(32-24)21-7-10-29-11-8-21/h2-14,17H,15-16H2,1H3,(H,31,34). The van der Waals surface area contributed by atoms with Gasteiger partial charge in [0.15, 0.2) is 0 Å². The van der Waals surface area contributed by atoms with Crippen LogP contribution in [0.3, 0.4) is 0 Å². The topological polar surface area (TPSA) is 72.7 Å². The number of hydrogen-bond acceptors (Lipinski definition) is 5. The number of amides is 1. The van der Waals surface area contributed by atoms with Gasteiger partial charge < -0.3 is 9.88 Å². The third kappa shape index (κ3) is 5.16. The maximum atomic E-state index is 13.2. The molecule has 174 valence electrons. The average Bonchev–Trinajstić information content (AvgIpc) is 3.49. The fourth-order valence-electron chi connectivity index (χ4n) is 3.91. The van der Waals surface area contributed by atoms with E-state index in [1.807, 2.05) is 66.9 Å². The van der Waals surface area contributed by atoms with Gasteiger partial charge in [-0.25, -0.2) is 4.98 Å². The lowest BCUT2D eigenvalue weighted by Crippen LogP contribution is -2.23. The van der Waals surface area contributed by atoms with Crippen molar-refractivity contribution < 1.29 is 4.79 Å². The van der Waals surface area contributed by atoms with Crippen molar-refractivity contribution in [2.75, 3.05) is 0 Å². The van der Waals surface area contributed by atoms with Crippen LogP contribution in [0.4, 0.5) is 0 Å². The summed E-state index contributed by atoms with van der Waals surface area (Å²) in [5.74, 6) is -0.137. The summed E-state index contributed by atoms with van der Waals surface area (Å²) >= 11 is 7.80. The van der Waals surface area contributed by atoms with E-state index in [1.165, 1.54) is 0 Å². The minimum atomic E-state index is -0.137. The van der Waals surface area contributed by atoms with Crippen LogP contribution in [-0.2, 0) is 13.1 Å². The monoisotopic (exact) mass is 499 g/mol. The Balaban J connectivity index is 1.50. The average molecular weight is 500 g/mol. The summed E-state index contributed by atoms with van der Waals surface area (Å²) in [6.45, 7) is 2.94. The quantitative estimate of drug-likeness (QED) is 0.297. The predicted molar refractivity (Wildman–Crippen MR) is 139 cm³/mol. The number of pyridine rings is 2. The van der Waals surface area contributed by atoms with Gasteiger partial charge in [-0.15, -0.1) is 11.3 Å². The van der Waals surface area contributed by atoms with E-state index < -0.39 is 0 Å². The van der Waals surface area contributed by atoms with Crippen molar-refractivity contribution in [3.8, 4) is 22.0 Å². The zero-order chi connectivity index (χ0) is 24.2. The van der Waals surface area contributed by atoms with Gasteiger partial charge in [-0.2, -0.15) is 0 Å². The van der Waals surface area contributed by atoms with E-state index in [0.29, 0.717) is 23.7 Å². The van der Waals surface area contributed by atoms with Gasteiger partial charge in [0.25, 0.3) is 5.91 Å². The molecule has 1 amide bonds. The van der Waals surface area contributed by atoms with Crippen molar-refractivity contribution in [3.05, 3.63) is 112 Å². The van der Waals surface area contributed by atoms with E-state index >= 15 is 0 Å². The molecule has 35 heavy (non-hydrogen) atoms. The van der Waals surface area contributed by atoms with Crippen LogP contribution in [0, 0.1) is 6.92 Å². The first kappa shape index (κ1) is 23.0. The Hall–Kier alpha value is -3.81. The molecule has 0 saturated carbocycles. The number of hydrogen-bond donors (Lipinski definition) is 1. The lowest BCUT2D eigenvalue weighted by molar-refractivity contribution is 0.0950. The van der Waals surface area contributed by atoms with Crippen LogP contribution in [0.25, 0.3) is 22.0 Å². The second-order valence-corrected chi connectivity index (χ2v) is 9.36. The molecule has 0 aliphatic carbocycles. The highest BCUT2D eigenvalue weighted by molar-refractivity contribution is 7.13. The lowest BCUT2D eigenvalue weighted by Gasteiger charge is -2.12. The minimum absolute atomic E-state index is 0.137. The number of aromatic nitrogens is 4. The number of thiazole rings is 1. The van der Waals surface area contributed by atoms with Crippen molar-refractivity contribution in [2.24, 2.45) is 0 Å². The summed E-state index contributed by atoms with van der Waals surface area (Å²) in [5, 5.41) is 6.62. The summed E-state index contributed by atoms with van der Waals surface area (Å²) in [4.78, 5) is 26.3. The van der Waals surface area contributed by atoms with E-state index in [-0.39, 0.29) is 5.91 Å². The third-order valence-corrected chi connectivity index (χ3v) is 6.84. The zero-order valence-electron chi connectivity index (χ0n) is 19.0. The van der Waals surface area contributed by atoms with Gasteiger partial charge in [-0.1, -0.05) is 29.8 Å². The molecule has 8 heteroatoms. The number of halogens is 1. The van der Waals surface area contributed by atoms with E-state index in [0.717, 1.165) is 38.8 Å². The summed E-state index contributed by atoms with van der Waals surface area (Å²) < 4.78 is 2.12. The van der Waals surface area contributed by atoms with Crippen molar-refractivity contribution in [3.63, 3.8) is 0 Å². The molecule has 1 N–H and O–H groups in total. The first-order valence-corrected chi connectivity index (χ1v) is 12.3. The van der Waals surface area contributed by atoms with Gasteiger partial charge in [0, 0.05) is 59.5 Å². The van der Waals surface area contributed by atoms with Crippen LogP contribution >= 0.6 is 22.9 Å². The molecule has 5 rings (SSSR count). The molecule has 0 fully saturated rings. The van der Waals surface area contributed by atoms with Crippen molar-refractivity contribution >= 4 is 28.8 Å². The Morgan fingerprint density at radius 1 is 1.03 bits per heavy atom. The first-order chi connectivity index (χ1) is 17.1. The van der Waals surface area contributed by atoms with Crippen LogP contribution in [0.1, 0.15) is 27.2 Å². The van der Waals surface area contributed by atoms with Gasteiger partial charge in [0.1, 0.15) is 5.01 Å². The molecule has 5 aromatic rings. The third-order valence-electron chi connectivity index (χ3n) is 5.71. The molecule has 0 aliphatic rings. The van der Waals surface area contributed by atoms with Crippen LogP contribution in [-0.4, -0.2) is 25.4 Å². The summed E-state index contributed by atoms with van der Waals surface area (Å²) in [6.07, 6.45) is 6.98. The fourth-order valence-corrected chi connectivity index (χ4v) is 4.94. The molecule has 0 spiro atoms. The molecule has 1 aromatic carbocycles. The van der Waals surface area contributed by atoms with Crippen LogP contribution < -0.4 is 5.32 Å². The highest BCUT2D eigenvalue weighted by Crippen LogP contribution is 2.32. The number of carbonyl (C=O) groups is 1. The van der Waals surface area contributed by atoms with E-state index in [2.05, 4.69) is 19.9 Å². The fraction of sp³-hybridized carbons (Fsp3) is 0.111. The van der Waals surface area contributed by atoms with Crippen molar-refractivity contribution in [1.29, 1.82) is 0 Å². The summed E-state index contributed by atoms with van der Waals surface area (Å²) in [5.41, 5.74) is 6.17. The normalized spacial score (nSPS) is 10.9. The largest absolute Gasteiger partial charge is 0.348 e. The van der Waals surface area contributed by atoms with Gasteiger partial charge in [-0.05, 0) is 54.4 Å². The second-order valence-electron chi connectivity index (χ2n) is 8.06. The van der Waals surface area contributed by atoms with Crippen LogP contribution in [0.5, 0.6) is 0 Å². The zero-order valence-corrected chi connectivity index (χ0v) is 20.6. The number of nitrogens with one attached hydrogen (secondary N) is 1. The lowest BCUT2D eigenvalue weighted by atomic mass is 10.2. The summed E-state index contributed by atoms with van der Waals surface area (Å²) in [6, 6.07) is 17.4. The molecule has 0 saturated heterocycles. The molecular formula is C27H22ClN5OS. The van der Waals surface area contributed by atoms with Gasteiger partial charge >= 0.3 is 0 Å². The Bertz CT molecular complexity index is 1460. The van der Waals surface area contributed by atoms with Crippen LogP contribution in [0.15, 0.2) is 84.8 Å². The summed E-state index contributed by atoms with van der Waals surface area (Å²) in [7, 11) is 0. The molecule has 4 heterocycles. The smallest absolute Gasteiger partial charge is 0.253 e. The highest BCUT2D eigenvalue weighted by Gasteiger charge is 2.21. The first-order valence-electron chi connectivity index (χ1n) is 11.1. The van der Waals surface area contributed by atoms with E-state index in [4.69, 9.17) is 16.6 Å². The number of benzene rings is 1. The Morgan fingerprint density at radius 3 is 2.63 bits per heavy atom. The second kappa shape index (κ2) is 10.2. The molecule has 6 nitrogen and oxygen atoms in total. The Kier molecular flexibility index (Phi) is 6.70. The van der Waals surface area contributed by atoms with Gasteiger partial charge in [0.2, 0.25) is 0 Å². The van der Waals surface area contributed by atoms with E-state index in [9.17, 15) is 4.79 Å². The Morgan fingerprint density at radius 2 is 1.86 bits per heavy atom. The number of rotatable bonds is 7. The number of carbonyl (C=O) groups excluding carboxylic acids is 1. The van der Waals surface area contributed by atoms with E-state index in [1.54, 1.807) is 36.1 Å². The maximum Gasteiger partial charge on any atom is 0.253 e. The predicted octanol–water partition coefficient (Wildman–Crippen LogP) is 6.01. The van der Waals surface area contributed by atoms with Crippen LogP contribution in [0.2, 0.25) is 5.02 Å². The van der Waals surface area contributed by atoms with Gasteiger partial charge in [0.05, 0.1) is 17.0 Å². The SMILES string of the molecule is Cc1c(C(=O)NCc2cccnc2)cc(-c2csc(-c3ccncc3)n2)n1Cc1cccc(Cl)c1. The molecule has 0 aliphatic heterocycles. The Labute approximate surface area is 212 Å². The van der Waals surface area contributed by atoms with Crippen molar-refractivity contribution in [1.82, 2.24) is 24.8 Å². The number of nitrogens with zero attached hydrogens (tertiary/aromatic N) is 4. The molecule has 0 atom stereocenters. The molecule has 0 bridgehead atoms. The molecule has 0 unspecified atom stereocenters. The van der Waals surface area contributed by atoms with Crippen molar-refractivity contribution in [2.45, 2.75) is 20.0 Å². The minimum Gasteiger partial charge on any atom is -0.348 e. The molecule has 0 radical (unpaired) electrons. The maximum absolute atomic E-state index is 13.2.